The Morgan fingerprint density at radius 3 is 2.60 bits per heavy atom. The third-order valence-electron chi connectivity index (χ3n) is 2.80. The van der Waals surface area contributed by atoms with Gasteiger partial charge in [0.05, 0.1) is 10.0 Å². The first kappa shape index (κ1) is 15.6. The molecular formula is C15H14Cl2FNS. The number of rotatable bonds is 5. The second-order valence-electron chi connectivity index (χ2n) is 4.42. The molecule has 0 aliphatic carbocycles. The lowest BCUT2D eigenvalue weighted by atomic mass is 10.1. The molecule has 0 amide bonds. The Bertz CT molecular complexity index is 592. The van der Waals surface area contributed by atoms with Crippen LogP contribution in [0.3, 0.4) is 0 Å². The summed E-state index contributed by atoms with van der Waals surface area (Å²) in [5.74, 6) is 0.284. The second-order valence-corrected chi connectivity index (χ2v) is 6.27. The van der Waals surface area contributed by atoms with Crippen molar-refractivity contribution >= 4 is 35.0 Å². The van der Waals surface area contributed by atoms with Crippen molar-refractivity contribution in [3.63, 3.8) is 0 Å². The topological polar surface area (TPSA) is 26.0 Å². The van der Waals surface area contributed by atoms with Gasteiger partial charge in [0.2, 0.25) is 0 Å². The average Bonchev–Trinajstić information content (AvgIpc) is 2.43. The normalized spacial score (nSPS) is 12.4. The first-order valence-corrected chi connectivity index (χ1v) is 7.88. The highest BCUT2D eigenvalue weighted by Crippen LogP contribution is 2.28. The molecule has 0 spiro atoms. The number of hydrogen-bond acceptors (Lipinski definition) is 2. The molecule has 0 saturated heterocycles. The third-order valence-corrected chi connectivity index (χ3v) is 4.93. The maximum Gasteiger partial charge on any atom is 0.142 e. The zero-order valence-electron chi connectivity index (χ0n) is 10.7. The summed E-state index contributed by atoms with van der Waals surface area (Å²) in [6, 6.07) is 12.3. The zero-order chi connectivity index (χ0) is 14.5. The SMILES string of the molecule is NC(CSc1ccccc1Cl)Cc1cccc(F)c1Cl. The van der Waals surface area contributed by atoms with E-state index in [1.165, 1.54) is 6.07 Å². The van der Waals surface area contributed by atoms with E-state index in [0.717, 1.165) is 10.5 Å². The Morgan fingerprint density at radius 2 is 1.85 bits per heavy atom. The Morgan fingerprint density at radius 1 is 1.10 bits per heavy atom. The highest BCUT2D eigenvalue weighted by Gasteiger charge is 2.11. The minimum atomic E-state index is -0.407. The number of thioether (sulfide) groups is 1. The fourth-order valence-electron chi connectivity index (χ4n) is 1.81. The summed E-state index contributed by atoms with van der Waals surface area (Å²) < 4.78 is 13.3. The van der Waals surface area contributed by atoms with Crippen molar-refractivity contribution in [3.05, 3.63) is 63.9 Å². The number of halogens is 3. The van der Waals surface area contributed by atoms with Crippen LogP contribution in [-0.4, -0.2) is 11.8 Å². The number of benzene rings is 2. The summed E-state index contributed by atoms with van der Waals surface area (Å²) >= 11 is 13.6. The molecule has 106 valence electrons. The molecule has 2 aromatic rings. The molecule has 0 fully saturated rings. The number of hydrogen-bond donors (Lipinski definition) is 1. The fourth-order valence-corrected chi connectivity index (χ4v) is 3.20. The molecule has 0 saturated carbocycles. The van der Waals surface area contributed by atoms with E-state index in [4.69, 9.17) is 28.9 Å². The number of nitrogens with two attached hydrogens (primary N) is 1. The van der Waals surface area contributed by atoms with Gasteiger partial charge >= 0.3 is 0 Å². The molecule has 1 nitrogen and oxygen atoms in total. The van der Waals surface area contributed by atoms with E-state index in [9.17, 15) is 4.39 Å². The van der Waals surface area contributed by atoms with Crippen molar-refractivity contribution in [2.24, 2.45) is 5.73 Å². The van der Waals surface area contributed by atoms with Gasteiger partial charge in [0.15, 0.2) is 0 Å². The van der Waals surface area contributed by atoms with Gasteiger partial charge in [0.25, 0.3) is 0 Å². The van der Waals surface area contributed by atoms with Crippen LogP contribution in [0.15, 0.2) is 47.4 Å². The lowest BCUT2D eigenvalue weighted by Gasteiger charge is -2.13. The van der Waals surface area contributed by atoms with E-state index in [2.05, 4.69) is 0 Å². The molecule has 5 heteroatoms. The van der Waals surface area contributed by atoms with Crippen molar-refractivity contribution in [2.75, 3.05) is 5.75 Å². The summed E-state index contributed by atoms with van der Waals surface area (Å²) in [7, 11) is 0. The van der Waals surface area contributed by atoms with Crippen LogP contribution in [0.5, 0.6) is 0 Å². The van der Waals surface area contributed by atoms with Gasteiger partial charge in [-0.05, 0) is 30.2 Å². The first-order valence-electron chi connectivity index (χ1n) is 6.13. The van der Waals surface area contributed by atoms with Gasteiger partial charge in [0, 0.05) is 16.7 Å². The van der Waals surface area contributed by atoms with Crippen LogP contribution in [0.4, 0.5) is 4.39 Å². The van der Waals surface area contributed by atoms with Crippen molar-refractivity contribution in [1.29, 1.82) is 0 Å². The lowest BCUT2D eigenvalue weighted by molar-refractivity contribution is 0.623. The molecule has 2 aromatic carbocycles. The highest BCUT2D eigenvalue weighted by atomic mass is 35.5. The molecule has 0 aromatic heterocycles. The van der Waals surface area contributed by atoms with Gasteiger partial charge in [-0.2, -0.15) is 0 Å². The van der Waals surface area contributed by atoms with E-state index >= 15 is 0 Å². The Hall–Kier alpha value is -0.740. The second kappa shape index (κ2) is 7.32. The standard InChI is InChI=1S/C15H14Cl2FNS/c16-12-5-1-2-7-14(12)20-9-11(19)8-10-4-3-6-13(18)15(10)17/h1-7,11H,8-9,19H2. The first-order chi connectivity index (χ1) is 9.58. The summed E-state index contributed by atoms with van der Waals surface area (Å²) in [6.07, 6.45) is 0.536. The lowest BCUT2D eigenvalue weighted by Crippen LogP contribution is -2.25. The minimum absolute atomic E-state index is 0.115. The monoisotopic (exact) mass is 329 g/mol. The van der Waals surface area contributed by atoms with E-state index < -0.39 is 5.82 Å². The van der Waals surface area contributed by atoms with Gasteiger partial charge in [-0.1, -0.05) is 47.5 Å². The van der Waals surface area contributed by atoms with Crippen molar-refractivity contribution in [3.8, 4) is 0 Å². The highest BCUT2D eigenvalue weighted by molar-refractivity contribution is 7.99. The predicted molar refractivity (Wildman–Crippen MR) is 85.3 cm³/mol. The van der Waals surface area contributed by atoms with Gasteiger partial charge in [0.1, 0.15) is 5.82 Å². The molecule has 2 rings (SSSR count). The molecule has 0 aliphatic rings. The fraction of sp³-hybridized carbons (Fsp3) is 0.200. The quantitative estimate of drug-likeness (QED) is 0.798. The van der Waals surface area contributed by atoms with Crippen molar-refractivity contribution in [1.82, 2.24) is 0 Å². The van der Waals surface area contributed by atoms with Gasteiger partial charge in [-0.15, -0.1) is 11.8 Å². The predicted octanol–water partition coefficient (Wildman–Crippen LogP) is 4.79. The van der Waals surface area contributed by atoms with Crippen molar-refractivity contribution in [2.45, 2.75) is 17.4 Å². The summed E-state index contributed by atoms with van der Waals surface area (Å²) in [4.78, 5) is 0.995. The van der Waals surface area contributed by atoms with Gasteiger partial charge in [-0.3, -0.25) is 0 Å². The molecule has 1 unspecified atom stereocenters. The van der Waals surface area contributed by atoms with E-state index in [-0.39, 0.29) is 11.1 Å². The summed E-state index contributed by atoms with van der Waals surface area (Å²) in [5.41, 5.74) is 6.81. The van der Waals surface area contributed by atoms with Gasteiger partial charge in [-0.25, -0.2) is 4.39 Å². The largest absolute Gasteiger partial charge is 0.327 e. The van der Waals surface area contributed by atoms with Crippen LogP contribution in [0.25, 0.3) is 0 Å². The third kappa shape index (κ3) is 4.13. The van der Waals surface area contributed by atoms with E-state index in [0.29, 0.717) is 17.2 Å². The van der Waals surface area contributed by atoms with Crippen LogP contribution >= 0.6 is 35.0 Å². The molecule has 0 aliphatic heterocycles. The van der Waals surface area contributed by atoms with E-state index in [1.807, 2.05) is 24.3 Å². The van der Waals surface area contributed by atoms with E-state index in [1.54, 1.807) is 23.9 Å². The maximum absolute atomic E-state index is 13.3. The molecular weight excluding hydrogens is 316 g/mol. The van der Waals surface area contributed by atoms with Crippen LogP contribution in [0.2, 0.25) is 10.0 Å². The van der Waals surface area contributed by atoms with Crippen LogP contribution in [0, 0.1) is 5.82 Å². The van der Waals surface area contributed by atoms with Crippen LogP contribution < -0.4 is 5.73 Å². The molecule has 2 N–H and O–H groups in total. The Kier molecular flexibility index (Phi) is 5.73. The summed E-state index contributed by atoms with van der Waals surface area (Å²) in [5, 5.41) is 0.874. The zero-order valence-corrected chi connectivity index (χ0v) is 13.0. The molecule has 1 atom stereocenters. The van der Waals surface area contributed by atoms with Crippen molar-refractivity contribution < 1.29 is 4.39 Å². The Balaban J connectivity index is 1.94. The Labute approximate surface area is 132 Å². The van der Waals surface area contributed by atoms with Crippen LogP contribution in [0.1, 0.15) is 5.56 Å². The molecule has 0 heterocycles. The minimum Gasteiger partial charge on any atom is -0.327 e. The average molecular weight is 330 g/mol. The molecule has 20 heavy (non-hydrogen) atoms. The maximum atomic E-state index is 13.3. The summed E-state index contributed by atoms with van der Waals surface area (Å²) in [6.45, 7) is 0. The van der Waals surface area contributed by atoms with Crippen LogP contribution in [-0.2, 0) is 6.42 Å². The molecule has 0 bridgehead atoms. The van der Waals surface area contributed by atoms with Gasteiger partial charge < -0.3 is 5.73 Å². The smallest absolute Gasteiger partial charge is 0.142 e. The molecule has 0 radical (unpaired) electrons.